The third-order valence-electron chi connectivity index (χ3n) is 4.54. The first-order valence-corrected chi connectivity index (χ1v) is 8.83. The lowest BCUT2D eigenvalue weighted by atomic mass is 9.96. The summed E-state index contributed by atoms with van der Waals surface area (Å²) in [5.74, 6) is -1.62. The van der Waals surface area contributed by atoms with E-state index in [0.717, 1.165) is 5.56 Å². The normalized spacial score (nSPS) is 11.5. The highest BCUT2D eigenvalue weighted by atomic mass is 19.1. The van der Waals surface area contributed by atoms with E-state index in [0.29, 0.717) is 22.4 Å². The number of esters is 1. The van der Waals surface area contributed by atoms with E-state index in [1.807, 2.05) is 30.3 Å². The fourth-order valence-corrected chi connectivity index (χ4v) is 2.86. The van der Waals surface area contributed by atoms with Gasteiger partial charge in [0.2, 0.25) is 5.91 Å². The van der Waals surface area contributed by atoms with Gasteiger partial charge in [-0.25, -0.2) is 9.18 Å². The first-order valence-electron chi connectivity index (χ1n) is 8.83. The molecule has 0 aliphatic heterocycles. The molecule has 0 saturated carbocycles. The Kier molecular flexibility index (Phi) is 5.84. The molecule has 0 heterocycles. The summed E-state index contributed by atoms with van der Waals surface area (Å²) in [6, 6.07) is 20.5. The van der Waals surface area contributed by atoms with Crippen LogP contribution in [0.15, 0.2) is 72.8 Å². The molecule has 3 aromatic carbocycles. The Morgan fingerprint density at radius 2 is 1.64 bits per heavy atom. The molecule has 0 aliphatic carbocycles. The van der Waals surface area contributed by atoms with Crippen molar-refractivity contribution in [2.24, 2.45) is 0 Å². The SMILES string of the molecule is COC(=O)c1ccc(NC(=O)[C@@H](C)c2ccc(-c3ccccc3)c(F)c2)cc1. The first kappa shape index (κ1) is 19.3. The maximum atomic E-state index is 14.6. The highest BCUT2D eigenvalue weighted by Gasteiger charge is 2.18. The van der Waals surface area contributed by atoms with E-state index in [4.69, 9.17) is 0 Å². The predicted octanol–water partition coefficient (Wildman–Crippen LogP) is 5.02. The smallest absolute Gasteiger partial charge is 0.337 e. The van der Waals surface area contributed by atoms with Crippen LogP contribution in [0, 0.1) is 5.82 Å². The lowest BCUT2D eigenvalue weighted by Gasteiger charge is -2.14. The van der Waals surface area contributed by atoms with Gasteiger partial charge in [-0.05, 0) is 48.4 Å². The van der Waals surface area contributed by atoms with Crippen molar-refractivity contribution in [2.45, 2.75) is 12.8 Å². The Morgan fingerprint density at radius 1 is 0.964 bits per heavy atom. The van der Waals surface area contributed by atoms with Crippen molar-refractivity contribution in [2.75, 3.05) is 12.4 Å². The summed E-state index contributed by atoms with van der Waals surface area (Å²) in [6.45, 7) is 1.72. The molecule has 0 fully saturated rings. The van der Waals surface area contributed by atoms with Gasteiger partial charge in [-0.15, -0.1) is 0 Å². The van der Waals surface area contributed by atoms with Crippen LogP contribution in [0.4, 0.5) is 10.1 Å². The number of hydrogen-bond donors (Lipinski definition) is 1. The molecule has 0 aliphatic rings. The number of ether oxygens (including phenoxy) is 1. The Labute approximate surface area is 163 Å². The van der Waals surface area contributed by atoms with Crippen LogP contribution in [0.5, 0.6) is 0 Å². The molecule has 3 rings (SSSR count). The van der Waals surface area contributed by atoms with Gasteiger partial charge in [-0.3, -0.25) is 4.79 Å². The molecule has 5 heteroatoms. The number of halogens is 1. The lowest BCUT2D eigenvalue weighted by molar-refractivity contribution is -0.117. The predicted molar refractivity (Wildman–Crippen MR) is 107 cm³/mol. The third kappa shape index (κ3) is 4.26. The van der Waals surface area contributed by atoms with Gasteiger partial charge in [-0.2, -0.15) is 0 Å². The summed E-state index contributed by atoms with van der Waals surface area (Å²) in [5, 5.41) is 2.78. The second-order valence-electron chi connectivity index (χ2n) is 6.39. The molecule has 1 N–H and O–H groups in total. The van der Waals surface area contributed by atoms with Crippen molar-refractivity contribution in [1.82, 2.24) is 0 Å². The molecule has 28 heavy (non-hydrogen) atoms. The van der Waals surface area contributed by atoms with Gasteiger partial charge in [0.15, 0.2) is 0 Å². The van der Waals surface area contributed by atoms with E-state index in [1.165, 1.54) is 13.2 Å². The van der Waals surface area contributed by atoms with Gasteiger partial charge < -0.3 is 10.1 Å². The van der Waals surface area contributed by atoms with Gasteiger partial charge in [0.1, 0.15) is 5.82 Å². The minimum Gasteiger partial charge on any atom is -0.465 e. The average Bonchev–Trinajstić information content (AvgIpc) is 2.73. The number of methoxy groups -OCH3 is 1. The number of anilines is 1. The molecule has 0 unspecified atom stereocenters. The van der Waals surface area contributed by atoms with Gasteiger partial charge in [0, 0.05) is 11.3 Å². The molecule has 4 nitrogen and oxygen atoms in total. The molecule has 142 valence electrons. The van der Waals surface area contributed by atoms with Crippen LogP contribution in [0.25, 0.3) is 11.1 Å². The van der Waals surface area contributed by atoms with Crippen LogP contribution in [0.2, 0.25) is 0 Å². The molecule has 1 atom stereocenters. The van der Waals surface area contributed by atoms with E-state index in [-0.39, 0.29) is 11.7 Å². The van der Waals surface area contributed by atoms with E-state index < -0.39 is 11.9 Å². The summed E-state index contributed by atoms with van der Waals surface area (Å²) in [6.07, 6.45) is 0. The minimum absolute atomic E-state index is 0.266. The minimum atomic E-state index is -0.542. The van der Waals surface area contributed by atoms with Crippen LogP contribution < -0.4 is 5.32 Å². The molecule has 0 bridgehead atoms. The molecule has 0 radical (unpaired) electrons. The Morgan fingerprint density at radius 3 is 2.25 bits per heavy atom. The summed E-state index contributed by atoms with van der Waals surface area (Å²) in [5.41, 5.74) is 2.81. The zero-order chi connectivity index (χ0) is 20.1. The Balaban J connectivity index is 1.73. The zero-order valence-electron chi connectivity index (χ0n) is 15.6. The van der Waals surface area contributed by atoms with E-state index in [9.17, 15) is 14.0 Å². The molecule has 0 saturated heterocycles. The molecule has 0 aromatic heterocycles. The fraction of sp³-hybridized carbons (Fsp3) is 0.130. The molecule has 3 aromatic rings. The number of carbonyl (C=O) groups excluding carboxylic acids is 2. The Hall–Kier alpha value is -3.47. The standard InChI is InChI=1S/C23H20FNO3/c1-15(22(26)25-19-11-8-17(9-12-19)23(27)28-2)18-10-13-20(21(24)14-18)16-6-4-3-5-7-16/h3-15H,1-2H3,(H,25,26)/t15-/m0/s1. The molecular formula is C23H20FNO3. The summed E-state index contributed by atoms with van der Waals surface area (Å²) < 4.78 is 19.2. The number of nitrogens with one attached hydrogen (secondary N) is 1. The van der Waals surface area contributed by atoms with Crippen LogP contribution in [-0.4, -0.2) is 19.0 Å². The fourth-order valence-electron chi connectivity index (χ4n) is 2.86. The molecule has 1 amide bonds. The van der Waals surface area contributed by atoms with Gasteiger partial charge in [0.05, 0.1) is 18.6 Å². The van der Waals surface area contributed by atoms with Crippen molar-refractivity contribution in [3.05, 3.63) is 89.7 Å². The zero-order valence-corrected chi connectivity index (χ0v) is 15.6. The van der Waals surface area contributed by atoms with Gasteiger partial charge in [0.25, 0.3) is 0 Å². The van der Waals surface area contributed by atoms with Crippen molar-refractivity contribution in [3.8, 4) is 11.1 Å². The number of carbonyl (C=O) groups is 2. The monoisotopic (exact) mass is 377 g/mol. The van der Waals surface area contributed by atoms with Crippen LogP contribution in [0.1, 0.15) is 28.8 Å². The average molecular weight is 377 g/mol. The quantitative estimate of drug-likeness (QED) is 0.635. The van der Waals surface area contributed by atoms with Crippen molar-refractivity contribution >= 4 is 17.6 Å². The highest BCUT2D eigenvalue weighted by molar-refractivity contribution is 5.96. The van der Waals surface area contributed by atoms with Crippen LogP contribution >= 0.6 is 0 Å². The van der Waals surface area contributed by atoms with Gasteiger partial charge >= 0.3 is 5.97 Å². The van der Waals surface area contributed by atoms with Crippen LogP contribution in [-0.2, 0) is 9.53 Å². The largest absolute Gasteiger partial charge is 0.465 e. The second-order valence-corrected chi connectivity index (χ2v) is 6.39. The van der Waals surface area contributed by atoms with E-state index in [2.05, 4.69) is 10.1 Å². The lowest BCUT2D eigenvalue weighted by Crippen LogP contribution is -2.19. The van der Waals surface area contributed by atoms with E-state index >= 15 is 0 Å². The van der Waals surface area contributed by atoms with Crippen molar-refractivity contribution in [3.63, 3.8) is 0 Å². The topological polar surface area (TPSA) is 55.4 Å². The van der Waals surface area contributed by atoms with Crippen molar-refractivity contribution in [1.29, 1.82) is 0 Å². The maximum absolute atomic E-state index is 14.6. The number of benzene rings is 3. The molecular weight excluding hydrogens is 357 g/mol. The third-order valence-corrected chi connectivity index (χ3v) is 4.54. The first-order chi connectivity index (χ1) is 13.5. The summed E-state index contributed by atoms with van der Waals surface area (Å²) in [7, 11) is 1.31. The molecule has 0 spiro atoms. The summed E-state index contributed by atoms with van der Waals surface area (Å²) in [4.78, 5) is 24.0. The van der Waals surface area contributed by atoms with Gasteiger partial charge in [-0.1, -0.05) is 42.5 Å². The second kappa shape index (κ2) is 8.48. The highest BCUT2D eigenvalue weighted by Crippen LogP contribution is 2.27. The maximum Gasteiger partial charge on any atom is 0.337 e. The van der Waals surface area contributed by atoms with Crippen molar-refractivity contribution < 1.29 is 18.7 Å². The summed E-state index contributed by atoms with van der Waals surface area (Å²) >= 11 is 0. The van der Waals surface area contributed by atoms with Crippen LogP contribution in [0.3, 0.4) is 0 Å². The van der Waals surface area contributed by atoms with E-state index in [1.54, 1.807) is 43.3 Å². The Bertz CT molecular complexity index is 984. The number of rotatable bonds is 5. The number of hydrogen-bond acceptors (Lipinski definition) is 3. The number of amides is 1.